The van der Waals surface area contributed by atoms with Crippen LogP contribution in [0.25, 0.3) is 22.3 Å². The fourth-order valence-electron chi connectivity index (χ4n) is 3.93. The van der Waals surface area contributed by atoms with E-state index in [0.717, 1.165) is 17.1 Å². The molecule has 0 N–H and O–H groups in total. The van der Waals surface area contributed by atoms with Crippen LogP contribution >= 0.6 is 0 Å². The molecule has 0 spiro atoms. The smallest absolute Gasteiger partial charge is 0.0467 e. The van der Waals surface area contributed by atoms with E-state index in [9.17, 15) is 0 Å². The fourth-order valence-corrected chi connectivity index (χ4v) is 3.93. The van der Waals surface area contributed by atoms with Crippen molar-refractivity contribution in [2.75, 3.05) is 4.90 Å². The molecule has 0 atom stereocenters. The number of anilines is 3. The second kappa shape index (κ2) is 8.73. The lowest BCUT2D eigenvalue weighted by molar-refractivity contribution is 1.28. The summed E-state index contributed by atoms with van der Waals surface area (Å²) < 4.78 is 0. The maximum absolute atomic E-state index is 2.30. The van der Waals surface area contributed by atoms with Gasteiger partial charge in [0, 0.05) is 17.1 Å². The van der Waals surface area contributed by atoms with E-state index in [1.807, 2.05) is 0 Å². The molecule has 0 saturated heterocycles. The zero-order chi connectivity index (χ0) is 20.9. The summed E-state index contributed by atoms with van der Waals surface area (Å²) in [6.07, 6.45) is 0. The Hall–Kier alpha value is -4.10. The van der Waals surface area contributed by atoms with Crippen LogP contribution in [0.2, 0.25) is 0 Å². The zero-order valence-corrected chi connectivity index (χ0v) is 17.2. The van der Waals surface area contributed by atoms with Crippen LogP contribution in [-0.4, -0.2) is 0 Å². The Morgan fingerprint density at radius 3 is 1.26 bits per heavy atom. The van der Waals surface area contributed by atoms with E-state index in [1.54, 1.807) is 0 Å². The molecule has 0 aliphatic carbocycles. The summed E-state index contributed by atoms with van der Waals surface area (Å²) in [6, 6.07) is 49.1. The Labute approximate surface area is 183 Å². The normalized spacial score (nSPS) is 10.6. The molecule has 0 unspecified atom stereocenters. The van der Waals surface area contributed by atoms with E-state index in [4.69, 9.17) is 0 Å². The van der Waals surface area contributed by atoms with Crippen molar-refractivity contribution < 1.29 is 0 Å². The second-order valence-corrected chi connectivity index (χ2v) is 7.50. The van der Waals surface area contributed by atoms with Crippen LogP contribution in [0.4, 0.5) is 17.1 Å². The summed E-state index contributed by atoms with van der Waals surface area (Å²) in [5.74, 6) is 0. The van der Waals surface area contributed by atoms with Gasteiger partial charge < -0.3 is 4.90 Å². The lowest BCUT2D eigenvalue weighted by Crippen LogP contribution is -2.09. The minimum atomic E-state index is 1.14. The molecule has 1 nitrogen and oxygen atoms in total. The first kappa shape index (κ1) is 18.9. The van der Waals surface area contributed by atoms with E-state index in [0.29, 0.717) is 0 Å². The van der Waals surface area contributed by atoms with Crippen LogP contribution in [0.3, 0.4) is 0 Å². The molecule has 31 heavy (non-hydrogen) atoms. The number of para-hydroxylation sites is 2. The molecule has 0 heterocycles. The third-order valence-corrected chi connectivity index (χ3v) is 5.44. The molecule has 5 aromatic carbocycles. The highest BCUT2D eigenvalue weighted by atomic mass is 15.1. The van der Waals surface area contributed by atoms with Crippen molar-refractivity contribution in [1.29, 1.82) is 0 Å². The number of rotatable bonds is 5. The van der Waals surface area contributed by atoms with E-state index in [1.165, 1.54) is 22.3 Å². The Bertz CT molecular complexity index is 1220. The van der Waals surface area contributed by atoms with Gasteiger partial charge in [0.15, 0.2) is 0 Å². The largest absolute Gasteiger partial charge is 0.310 e. The van der Waals surface area contributed by atoms with Gasteiger partial charge in [-0.05, 0) is 64.7 Å². The predicted octanol–water partition coefficient (Wildman–Crippen LogP) is 8.49. The fraction of sp³-hybridized carbons (Fsp3) is 0. The lowest BCUT2D eigenvalue weighted by Gasteiger charge is -2.26. The molecule has 5 aromatic rings. The van der Waals surface area contributed by atoms with Crippen LogP contribution in [0.1, 0.15) is 0 Å². The van der Waals surface area contributed by atoms with Crippen molar-refractivity contribution in [1.82, 2.24) is 0 Å². The highest BCUT2D eigenvalue weighted by Gasteiger charge is 2.12. The number of benzene rings is 5. The Balaban J connectivity index is 1.58. The van der Waals surface area contributed by atoms with Crippen molar-refractivity contribution >= 4 is 17.1 Å². The number of hydrogen-bond acceptors (Lipinski definition) is 1. The molecular weight excluding hydrogens is 374 g/mol. The Morgan fingerprint density at radius 1 is 0.290 bits per heavy atom. The number of hydrogen-bond donors (Lipinski definition) is 0. The van der Waals surface area contributed by atoms with Gasteiger partial charge in [0.2, 0.25) is 0 Å². The van der Waals surface area contributed by atoms with Crippen molar-refractivity contribution in [3.8, 4) is 22.3 Å². The highest BCUT2D eigenvalue weighted by Crippen LogP contribution is 2.36. The summed E-state index contributed by atoms with van der Waals surface area (Å²) in [4.78, 5) is 2.30. The summed E-state index contributed by atoms with van der Waals surface area (Å²) in [5.41, 5.74) is 8.30. The topological polar surface area (TPSA) is 3.24 Å². The van der Waals surface area contributed by atoms with Crippen molar-refractivity contribution in [3.05, 3.63) is 140 Å². The molecule has 0 amide bonds. The van der Waals surface area contributed by atoms with Gasteiger partial charge in [-0.15, -0.1) is 0 Å². The molecule has 0 bridgehead atoms. The Morgan fingerprint density at radius 2 is 0.677 bits per heavy atom. The standard InChI is InChI=1S/C30H23N/c1-4-12-24(13-5-1)25-14-10-15-26(22-25)27-16-11-21-30(23-27)31(28-17-6-2-7-18-28)29-19-8-3-9-20-29/h1-23H. The predicted molar refractivity (Wildman–Crippen MR) is 132 cm³/mol. The van der Waals surface area contributed by atoms with Gasteiger partial charge in [-0.3, -0.25) is 0 Å². The maximum Gasteiger partial charge on any atom is 0.0467 e. The van der Waals surface area contributed by atoms with Gasteiger partial charge in [0.1, 0.15) is 0 Å². The van der Waals surface area contributed by atoms with Crippen LogP contribution in [-0.2, 0) is 0 Å². The first-order valence-corrected chi connectivity index (χ1v) is 10.5. The van der Waals surface area contributed by atoms with Crippen molar-refractivity contribution in [2.45, 2.75) is 0 Å². The van der Waals surface area contributed by atoms with E-state index >= 15 is 0 Å². The van der Waals surface area contributed by atoms with Crippen molar-refractivity contribution in [2.24, 2.45) is 0 Å². The zero-order valence-electron chi connectivity index (χ0n) is 17.2. The van der Waals surface area contributed by atoms with Crippen LogP contribution in [0.5, 0.6) is 0 Å². The third-order valence-electron chi connectivity index (χ3n) is 5.44. The SMILES string of the molecule is c1ccc(-c2cccc(-c3cccc(N(c4ccccc4)c4ccccc4)c3)c2)cc1. The first-order valence-electron chi connectivity index (χ1n) is 10.5. The molecule has 0 radical (unpaired) electrons. The lowest BCUT2D eigenvalue weighted by atomic mass is 9.98. The summed E-state index contributed by atoms with van der Waals surface area (Å²) in [7, 11) is 0. The Kier molecular flexibility index (Phi) is 5.32. The van der Waals surface area contributed by atoms with Crippen LogP contribution < -0.4 is 4.90 Å². The minimum Gasteiger partial charge on any atom is -0.310 e. The average Bonchev–Trinajstić information content (AvgIpc) is 2.86. The van der Waals surface area contributed by atoms with Crippen LogP contribution in [0.15, 0.2) is 140 Å². The second-order valence-electron chi connectivity index (χ2n) is 7.50. The first-order chi connectivity index (χ1) is 15.4. The molecule has 148 valence electrons. The van der Waals surface area contributed by atoms with E-state index in [-0.39, 0.29) is 0 Å². The molecule has 0 fully saturated rings. The molecule has 5 rings (SSSR count). The van der Waals surface area contributed by atoms with Gasteiger partial charge in [-0.1, -0.05) is 97.1 Å². The molecule has 0 aromatic heterocycles. The van der Waals surface area contributed by atoms with Crippen LogP contribution in [0, 0.1) is 0 Å². The van der Waals surface area contributed by atoms with E-state index in [2.05, 4.69) is 144 Å². The summed E-state index contributed by atoms with van der Waals surface area (Å²) >= 11 is 0. The molecule has 0 saturated carbocycles. The third kappa shape index (κ3) is 4.12. The molecular formula is C30H23N. The van der Waals surface area contributed by atoms with Crippen molar-refractivity contribution in [3.63, 3.8) is 0 Å². The van der Waals surface area contributed by atoms with Gasteiger partial charge >= 0.3 is 0 Å². The van der Waals surface area contributed by atoms with E-state index < -0.39 is 0 Å². The maximum atomic E-state index is 2.30. The molecule has 0 aliphatic heterocycles. The van der Waals surface area contributed by atoms with Gasteiger partial charge in [0.05, 0.1) is 0 Å². The summed E-state index contributed by atoms with van der Waals surface area (Å²) in [6.45, 7) is 0. The van der Waals surface area contributed by atoms with Gasteiger partial charge in [0.25, 0.3) is 0 Å². The minimum absolute atomic E-state index is 1.14. The van der Waals surface area contributed by atoms with Gasteiger partial charge in [-0.2, -0.15) is 0 Å². The molecule has 1 heteroatoms. The quantitative estimate of drug-likeness (QED) is 0.287. The summed E-state index contributed by atoms with van der Waals surface area (Å²) in [5, 5.41) is 0. The monoisotopic (exact) mass is 397 g/mol. The average molecular weight is 398 g/mol. The highest BCUT2D eigenvalue weighted by molar-refractivity contribution is 5.81. The van der Waals surface area contributed by atoms with Gasteiger partial charge in [-0.25, -0.2) is 0 Å². The molecule has 0 aliphatic rings. The number of nitrogens with zero attached hydrogens (tertiary/aromatic N) is 1.